The van der Waals surface area contributed by atoms with E-state index in [-0.39, 0.29) is 11.4 Å². The second-order valence-corrected chi connectivity index (χ2v) is 3.48. The zero-order valence-corrected chi connectivity index (χ0v) is 8.99. The van der Waals surface area contributed by atoms with Crippen molar-refractivity contribution in [2.24, 2.45) is 0 Å². The quantitative estimate of drug-likeness (QED) is 0.612. The van der Waals surface area contributed by atoms with Crippen LogP contribution in [0.2, 0.25) is 0 Å². The SMILES string of the molecule is CCCc1cc(CC)c(O)c([N+](=O)[O-])c1. The molecule has 1 N–H and O–H groups in total. The number of aromatic hydroxyl groups is 1. The smallest absolute Gasteiger partial charge is 0.311 e. The van der Waals surface area contributed by atoms with Crippen LogP contribution in [0.25, 0.3) is 0 Å². The maximum Gasteiger partial charge on any atom is 0.311 e. The average Bonchev–Trinajstić information content (AvgIpc) is 2.20. The summed E-state index contributed by atoms with van der Waals surface area (Å²) in [6.45, 7) is 3.89. The van der Waals surface area contributed by atoms with Crippen molar-refractivity contribution in [2.45, 2.75) is 33.1 Å². The predicted octanol–water partition coefficient (Wildman–Crippen LogP) is 2.82. The maximum absolute atomic E-state index is 10.7. The monoisotopic (exact) mass is 209 g/mol. The standard InChI is InChI=1S/C11H15NO3/c1-3-5-8-6-9(4-2)11(13)10(7-8)12(14)15/h6-7,13H,3-5H2,1-2H3. The Kier molecular flexibility index (Phi) is 3.66. The third-order valence-corrected chi connectivity index (χ3v) is 2.34. The van der Waals surface area contributed by atoms with Gasteiger partial charge in [0.05, 0.1) is 4.92 Å². The number of rotatable bonds is 4. The minimum atomic E-state index is -0.534. The number of nitrogens with zero attached hydrogens (tertiary/aromatic N) is 1. The van der Waals surface area contributed by atoms with Gasteiger partial charge in [-0.25, -0.2) is 0 Å². The highest BCUT2D eigenvalue weighted by atomic mass is 16.6. The van der Waals surface area contributed by atoms with Crippen LogP contribution < -0.4 is 0 Å². The minimum absolute atomic E-state index is 0.183. The number of phenols is 1. The van der Waals surface area contributed by atoms with Crippen LogP contribution in [0.1, 0.15) is 31.4 Å². The van der Waals surface area contributed by atoms with Crippen LogP contribution in [-0.4, -0.2) is 10.0 Å². The topological polar surface area (TPSA) is 63.4 Å². The van der Waals surface area contributed by atoms with Crippen LogP contribution in [0.5, 0.6) is 5.75 Å². The van der Waals surface area contributed by atoms with Gasteiger partial charge in [-0.05, 0) is 18.4 Å². The summed E-state index contributed by atoms with van der Waals surface area (Å²) in [5.41, 5.74) is 1.38. The van der Waals surface area contributed by atoms with E-state index >= 15 is 0 Å². The highest BCUT2D eigenvalue weighted by Crippen LogP contribution is 2.31. The first-order chi connectivity index (χ1) is 7.10. The summed E-state index contributed by atoms with van der Waals surface area (Å²) in [6.07, 6.45) is 2.34. The van der Waals surface area contributed by atoms with Crippen molar-refractivity contribution in [3.63, 3.8) is 0 Å². The summed E-state index contributed by atoms with van der Waals surface area (Å²) >= 11 is 0. The van der Waals surface area contributed by atoms with Gasteiger partial charge in [-0.1, -0.05) is 26.3 Å². The van der Waals surface area contributed by atoms with Crippen LogP contribution >= 0.6 is 0 Å². The van der Waals surface area contributed by atoms with Gasteiger partial charge in [0.1, 0.15) is 0 Å². The molecular formula is C11H15NO3. The van der Waals surface area contributed by atoms with Crippen LogP contribution in [0, 0.1) is 10.1 Å². The van der Waals surface area contributed by atoms with E-state index < -0.39 is 4.92 Å². The summed E-state index contributed by atoms with van der Waals surface area (Å²) in [5, 5.41) is 20.3. The lowest BCUT2D eigenvalue weighted by Gasteiger charge is -2.06. The van der Waals surface area contributed by atoms with Crippen LogP contribution in [0.15, 0.2) is 12.1 Å². The van der Waals surface area contributed by atoms with Crippen molar-refractivity contribution in [3.8, 4) is 5.75 Å². The van der Waals surface area contributed by atoms with Gasteiger partial charge in [-0.3, -0.25) is 10.1 Å². The third kappa shape index (κ3) is 2.46. The Morgan fingerprint density at radius 1 is 1.40 bits per heavy atom. The summed E-state index contributed by atoms with van der Waals surface area (Å²) in [5.74, 6) is -0.192. The van der Waals surface area contributed by atoms with E-state index in [0.29, 0.717) is 12.0 Å². The van der Waals surface area contributed by atoms with Gasteiger partial charge in [0.15, 0.2) is 5.75 Å². The summed E-state index contributed by atoms with van der Waals surface area (Å²) in [7, 11) is 0. The van der Waals surface area contributed by atoms with E-state index in [9.17, 15) is 15.2 Å². The largest absolute Gasteiger partial charge is 0.502 e. The fourth-order valence-electron chi connectivity index (χ4n) is 1.58. The molecule has 0 atom stereocenters. The first kappa shape index (κ1) is 11.5. The van der Waals surface area contributed by atoms with E-state index in [0.717, 1.165) is 18.4 Å². The molecule has 0 bridgehead atoms. The number of hydrogen-bond acceptors (Lipinski definition) is 3. The molecule has 4 nitrogen and oxygen atoms in total. The third-order valence-electron chi connectivity index (χ3n) is 2.34. The second kappa shape index (κ2) is 4.77. The first-order valence-corrected chi connectivity index (χ1v) is 5.09. The lowest BCUT2D eigenvalue weighted by atomic mass is 10.0. The molecule has 1 aromatic rings. The van der Waals surface area contributed by atoms with Gasteiger partial charge in [0, 0.05) is 11.6 Å². The summed E-state index contributed by atoms with van der Waals surface area (Å²) in [6, 6.07) is 3.30. The summed E-state index contributed by atoms with van der Waals surface area (Å²) in [4.78, 5) is 10.2. The normalized spacial score (nSPS) is 10.3. The van der Waals surface area contributed by atoms with E-state index in [1.165, 1.54) is 6.07 Å². The van der Waals surface area contributed by atoms with E-state index in [1.54, 1.807) is 0 Å². The van der Waals surface area contributed by atoms with Gasteiger partial charge < -0.3 is 5.11 Å². The molecule has 1 rings (SSSR count). The number of hydrogen-bond donors (Lipinski definition) is 1. The van der Waals surface area contributed by atoms with Crippen LogP contribution in [0.4, 0.5) is 5.69 Å². The molecule has 0 spiro atoms. The molecule has 0 heterocycles. The Labute approximate surface area is 88.7 Å². The molecular weight excluding hydrogens is 194 g/mol. The van der Waals surface area contributed by atoms with Gasteiger partial charge in [0.25, 0.3) is 0 Å². The Bertz CT molecular complexity index is 374. The molecule has 4 heteroatoms. The molecule has 0 radical (unpaired) electrons. The molecule has 0 aliphatic rings. The number of nitro groups is 1. The molecule has 0 aromatic heterocycles. The van der Waals surface area contributed by atoms with Crippen LogP contribution in [0.3, 0.4) is 0 Å². The molecule has 0 fully saturated rings. The highest BCUT2D eigenvalue weighted by molar-refractivity contribution is 5.53. The lowest BCUT2D eigenvalue weighted by Crippen LogP contribution is -1.95. The van der Waals surface area contributed by atoms with E-state index in [1.807, 2.05) is 19.9 Å². The Hall–Kier alpha value is -1.58. The van der Waals surface area contributed by atoms with E-state index in [4.69, 9.17) is 0 Å². The molecule has 82 valence electrons. The van der Waals surface area contributed by atoms with Gasteiger partial charge in [-0.15, -0.1) is 0 Å². The highest BCUT2D eigenvalue weighted by Gasteiger charge is 2.17. The number of aryl methyl sites for hydroxylation is 2. The van der Waals surface area contributed by atoms with Crippen molar-refractivity contribution in [2.75, 3.05) is 0 Å². The molecule has 15 heavy (non-hydrogen) atoms. The fraction of sp³-hybridized carbons (Fsp3) is 0.455. The van der Waals surface area contributed by atoms with Crippen molar-refractivity contribution in [3.05, 3.63) is 33.4 Å². The second-order valence-electron chi connectivity index (χ2n) is 3.48. The minimum Gasteiger partial charge on any atom is -0.502 e. The van der Waals surface area contributed by atoms with E-state index in [2.05, 4.69) is 0 Å². The van der Waals surface area contributed by atoms with Crippen LogP contribution in [-0.2, 0) is 12.8 Å². The average molecular weight is 209 g/mol. The summed E-state index contributed by atoms with van der Waals surface area (Å²) < 4.78 is 0. The molecule has 0 unspecified atom stereocenters. The van der Waals surface area contributed by atoms with Crippen molar-refractivity contribution in [1.82, 2.24) is 0 Å². The Morgan fingerprint density at radius 3 is 2.53 bits per heavy atom. The number of nitro benzene ring substituents is 1. The van der Waals surface area contributed by atoms with Crippen molar-refractivity contribution < 1.29 is 10.0 Å². The maximum atomic E-state index is 10.7. The zero-order chi connectivity index (χ0) is 11.4. The fourth-order valence-corrected chi connectivity index (χ4v) is 1.58. The van der Waals surface area contributed by atoms with Gasteiger partial charge >= 0.3 is 5.69 Å². The molecule has 0 saturated heterocycles. The molecule has 0 aliphatic carbocycles. The van der Waals surface area contributed by atoms with Crippen molar-refractivity contribution >= 4 is 5.69 Å². The Balaban J connectivity index is 3.25. The number of benzene rings is 1. The zero-order valence-electron chi connectivity index (χ0n) is 8.99. The van der Waals surface area contributed by atoms with Gasteiger partial charge in [0.2, 0.25) is 0 Å². The van der Waals surface area contributed by atoms with Gasteiger partial charge in [-0.2, -0.15) is 0 Å². The first-order valence-electron chi connectivity index (χ1n) is 5.09. The lowest BCUT2D eigenvalue weighted by molar-refractivity contribution is -0.386. The Morgan fingerprint density at radius 2 is 2.07 bits per heavy atom. The van der Waals surface area contributed by atoms with Crippen molar-refractivity contribution in [1.29, 1.82) is 0 Å². The molecule has 0 aliphatic heterocycles. The molecule has 0 saturated carbocycles. The number of phenolic OH excluding ortho intramolecular Hbond substituents is 1. The molecule has 1 aromatic carbocycles. The predicted molar refractivity (Wildman–Crippen MR) is 58.1 cm³/mol. The molecule has 0 amide bonds.